The van der Waals surface area contributed by atoms with Crippen molar-refractivity contribution in [2.45, 2.75) is 88.6 Å². The summed E-state index contributed by atoms with van der Waals surface area (Å²) in [6, 6.07) is 10.4. The summed E-state index contributed by atoms with van der Waals surface area (Å²) in [5, 5.41) is 13.9. The van der Waals surface area contributed by atoms with Gasteiger partial charge in [0.1, 0.15) is 5.67 Å². The van der Waals surface area contributed by atoms with Gasteiger partial charge in [-0.05, 0) is 88.2 Å². The summed E-state index contributed by atoms with van der Waals surface area (Å²) in [5.74, 6) is 1.28. The maximum atomic E-state index is 14.4. The van der Waals surface area contributed by atoms with Crippen LogP contribution in [0.15, 0.2) is 28.8 Å². The first-order valence-electron chi connectivity index (χ1n) is 13.1. The summed E-state index contributed by atoms with van der Waals surface area (Å²) in [5.41, 5.74) is -0.152. The molecule has 7 aliphatic rings. The maximum absolute atomic E-state index is 14.4. The molecule has 0 radical (unpaired) electrons. The van der Waals surface area contributed by atoms with Gasteiger partial charge in [-0.2, -0.15) is 10.2 Å². The summed E-state index contributed by atoms with van der Waals surface area (Å²) in [7, 11) is 0. The number of carbonyl (C=O) groups excluding carboxylic acids is 1. The predicted molar refractivity (Wildman–Crippen MR) is 127 cm³/mol. The number of carbonyl (C=O) groups is 1. The Morgan fingerprint density at radius 3 is 2.40 bits per heavy atom. The van der Waals surface area contributed by atoms with E-state index in [0.29, 0.717) is 37.5 Å². The highest BCUT2D eigenvalue weighted by Gasteiger charge is 2.73. The fraction of sp³-hybridized carbons (Fsp3) is 0.643. The zero-order valence-corrected chi connectivity index (χ0v) is 20.3. The number of alkyl halides is 1. The number of rotatable bonds is 6. The Balaban J connectivity index is 1.21. The number of halogens is 1. The van der Waals surface area contributed by atoms with Gasteiger partial charge in [-0.25, -0.2) is 4.39 Å². The molecule has 1 amide bonds. The standard InChI is InChI=1S/C28H31FN4O2/c1-24(5-6-24)22-31-21(32-35-22)19-3-2-4-20(13-19)33(23(34)27-14-28(29,15-27)16-27)18-26-10-7-25(17-30,8-11-26)9-12-26/h2-4,13H,5-12,14-16,18H2,1H3. The molecule has 0 N–H and O–H groups in total. The summed E-state index contributed by atoms with van der Waals surface area (Å²) in [4.78, 5) is 20.5. The van der Waals surface area contributed by atoms with E-state index in [1.165, 1.54) is 0 Å². The van der Waals surface area contributed by atoms with Crippen molar-refractivity contribution in [3.8, 4) is 17.5 Å². The molecule has 1 heterocycles. The van der Waals surface area contributed by atoms with Gasteiger partial charge in [0.15, 0.2) is 0 Å². The van der Waals surface area contributed by atoms with Crippen LogP contribution in [0.4, 0.5) is 10.1 Å². The second-order valence-corrected chi connectivity index (χ2v) is 12.8. The SMILES string of the molecule is CC1(c2nc(-c3cccc(N(CC45CCC(C#N)(CC4)CC5)C(=O)C45CC(F)(C4)C5)c3)no2)CC1. The van der Waals surface area contributed by atoms with E-state index in [2.05, 4.69) is 23.1 Å². The summed E-state index contributed by atoms with van der Waals surface area (Å²) < 4.78 is 20.0. The first-order valence-corrected chi connectivity index (χ1v) is 13.1. The molecule has 0 aliphatic heterocycles. The van der Waals surface area contributed by atoms with Crippen LogP contribution in [0.25, 0.3) is 11.4 Å². The Morgan fingerprint density at radius 1 is 1.11 bits per heavy atom. The Hall–Kier alpha value is -2.75. The summed E-state index contributed by atoms with van der Waals surface area (Å²) in [6.07, 6.45) is 8.82. The van der Waals surface area contributed by atoms with Gasteiger partial charge in [0, 0.05) is 23.2 Å². The summed E-state index contributed by atoms with van der Waals surface area (Å²) in [6.45, 7) is 2.77. The zero-order valence-electron chi connectivity index (χ0n) is 20.3. The van der Waals surface area contributed by atoms with Crippen molar-refractivity contribution >= 4 is 11.6 Å². The number of nitriles is 1. The number of fused-ring (bicyclic) bond motifs is 3. The van der Waals surface area contributed by atoms with Crippen molar-refractivity contribution in [2.24, 2.45) is 16.2 Å². The van der Waals surface area contributed by atoms with E-state index in [9.17, 15) is 14.4 Å². The Morgan fingerprint density at radius 2 is 1.80 bits per heavy atom. The van der Waals surface area contributed by atoms with E-state index >= 15 is 0 Å². The Bertz CT molecular complexity index is 1230. The third-order valence-electron chi connectivity index (χ3n) is 10.2. The van der Waals surface area contributed by atoms with Gasteiger partial charge >= 0.3 is 0 Å². The van der Waals surface area contributed by atoms with Crippen LogP contribution in [-0.4, -0.2) is 28.3 Å². The molecule has 0 spiro atoms. The fourth-order valence-corrected chi connectivity index (χ4v) is 7.26. The van der Waals surface area contributed by atoms with Crippen LogP contribution in [0.1, 0.15) is 83.4 Å². The first-order chi connectivity index (χ1) is 16.7. The smallest absolute Gasteiger partial charge is 0.233 e. The highest BCUT2D eigenvalue weighted by Crippen LogP contribution is 2.70. The van der Waals surface area contributed by atoms with E-state index in [1.807, 2.05) is 29.2 Å². The van der Waals surface area contributed by atoms with Crippen molar-refractivity contribution in [2.75, 3.05) is 11.4 Å². The number of benzene rings is 1. The van der Waals surface area contributed by atoms with Crippen molar-refractivity contribution in [3.63, 3.8) is 0 Å². The molecule has 182 valence electrons. The predicted octanol–water partition coefficient (Wildman–Crippen LogP) is 5.88. The van der Waals surface area contributed by atoms with Crippen molar-refractivity contribution < 1.29 is 13.7 Å². The topological polar surface area (TPSA) is 83.0 Å². The number of anilines is 1. The average molecular weight is 475 g/mol. The third kappa shape index (κ3) is 3.14. The third-order valence-corrected chi connectivity index (χ3v) is 10.2. The molecule has 2 aromatic rings. The monoisotopic (exact) mass is 474 g/mol. The molecule has 0 unspecified atom stereocenters. The lowest BCUT2D eigenvalue weighted by Gasteiger charge is -2.65. The maximum Gasteiger partial charge on any atom is 0.233 e. The molecular weight excluding hydrogens is 443 g/mol. The molecule has 7 saturated carbocycles. The molecule has 0 atom stereocenters. The van der Waals surface area contributed by atoms with Crippen molar-refractivity contribution in [1.29, 1.82) is 5.26 Å². The van der Waals surface area contributed by atoms with Gasteiger partial charge in [-0.15, -0.1) is 0 Å². The molecule has 1 aromatic heterocycles. The van der Waals surface area contributed by atoms with E-state index in [4.69, 9.17) is 4.52 Å². The molecule has 6 nitrogen and oxygen atoms in total. The van der Waals surface area contributed by atoms with Gasteiger partial charge in [-0.1, -0.05) is 24.2 Å². The molecule has 7 heteroatoms. The minimum Gasteiger partial charge on any atom is -0.338 e. The van der Waals surface area contributed by atoms with E-state index in [0.717, 1.165) is 62.6 Å². The van der Waals surface area contributed by atoms with Crippen molar-refractivity contribution in [3.05, 3.63) is 30.2 Å². The highest BCUT2D eigenvalue weighted by molar-refractivity contribution is 6.00. The minimum atomic E-state index is -1.12. The average Bonchev–Trinajstić information content (AvgIpc) is 3.39. The van der Waals surface area contributed by atoms with Crippen LogP contribution in [0.2, 0.25) is 0 Å². The van der Waals surface area contributed by atoms with Crippen LogP contribution >= 0.6 is 0 Å². The molecule has 9 rings (SSSR count). The second kappa shape index (κ2) is 6.72. The molecule has 7 fully saturated rings. The Kier molecular flexibility index (Phi) is 4.13. The zero-order chi connectivity index (χ0) is 24.1. The molecule has 4 bridgehead atoms. The molecule has 0 saturated heterocycles. The lowest BCUT2D eigenvalue weighted by atomic mass is 9.41. The first kappa shape index (κ1) is 21.5. The molecule has 7 aliphatic carbocycles. The lowest BCUT2D eigenvalue weighted by Crippen LogP contribution is -2.71. The fourth-order valence-electron chi connectivity index (χ4n) is 7.26. The van der Waals surface area contributed by atoms with Gasteiger partial charge in [0.05, 0.1) is 16.9 Å². The summed E-state index contributed by atoms with van der Waals surface area (Å²) >= 11 is 0. The second-order valence-electron chi connectivity index (χ2n) is 12.8. The van der Waals surface area contributed by atoms with E-state index < -0.39 is 11.1 Å². The van der Waals surface area contributed by atoms with Crippen LogP contribution in [-0.2, 0) is 10.2 Å². The lowest BCUT2D eigenvalue weighted by molar-refractivity contribution is -0.211. The normalized spacial score (nSPS) is 37.6. The largest absolute Gasteiger partial charge is 0.338 e. The van der Waals surface area contributed by atoms with Crippen LogP contribution in [0.3, 0.4) is 0 Å². The molecule has 35 heavy (non-hydrogen) atoms. The quantitative estimate of drug-likeness (QED) is 0.522. The van der Waals surface area contributed by atoms with E-state index in [1.54, 1.807) is 0 Å². The van der Waals surface area contributed by atoms with Crippen molar-refractivity contribution in [1.82, 2.24) is 10.1 Å². The van der Waals surface area contributed by atoms with Crippen LogP contribution in [0, 0.1) is 27.6 Å². The van der Waals surface area contributed by atoms with Crippen LogP contribution < -0.4 is 4.90 Å². The van der Waals surface area contributed by atoms with E-state index in [-0.39, 0.29) is 22.2 Å². The highest BCUT2D eigenvalue weighted by atomic mass is 19.1. The van der Waals surface area contributed by atoms with Crippen LogP contribution in [0.5, 0.6) is 0 Å². The van der Waals surface area contributed by atoms with Gasteiger partial charge in [0.2, 0.25) is 17.6 Å². The minimum absolute atomic E-state index is 0.00287. The number of nitrogens with zero attached hydrogens (tertiary/aromatic N) is 4. The van der Waals surface area contributed by atoms with Gasteiger partial charge in [-0.3, -0.25) is 4.79 Å². The number of aromatic nitrogens is 2. The number of hydrogen-bond donors (Lipinski definition) is 0. The van der Waals surface area contributed by atoms with Gasteiger partial charge in [0.25, 0.3) is 0 Å². The Labute approximate surface area is 204 Å². The number of amides is 1. The van der Waals surface area contributed by atoms with Gasteiger partial charge < -0.3 is 9.42 Å². The molecular formula is C28H31FN4O2. The number of hydrogen-bond acceptors (Lipinski definition) is 5. The molecule has 1 aromatic carbocycles.